The number of hydrogen-bond donors (Lipinski definition) is 2. The molecule has 0 spiro atoms. The van der Waals surface area contributed by atoms with Crippen LogP contribution in [0.1, 0.15) is 24.8 Å². The molecule has 5 heteroatoms. The molecule has 3 rings (SSSR count). The van der Waals surface area contributed by atoms with Crippen LogP contribution in [-0.4, -0.2) is 29.9 Å². The molecule has 1 aliphatic carbocycles. The van der Waals surface area contributed by atoms with Gasteiger partial charge in [-0.05, 0) is 74.2 Å². The first kappa shape index (κ1) is 17.8. The summed E-state index contributed by atoms with van der Waals surface area (Å²) in [5, 5.41) is 13.9. The minimum Gasteiger partial charge on any atom is -0.488 e. The number of aliphatic hydroxyl groups excluding tert-OH is 1. The van der Waals surface area contributed by atoms with Crippen LogP contribution in [0.25, 0.3) is 0 Å². The molecular formula is C20H23F2NO2. The Morgan fingerprint density at radius 2 is 1.60 bits per heavy atom. The lowest BCUT2D eigenvalue weighted by Crippen LogP contribution is -2.51. The Hall–Kier alpha value is -1.98. The molecule has 3 nitrogen and oxygen atoms in total. The van der Waals surface area contributed by atoms with Crippen LogP contribution >= 0.6 is 0 Å². The molecule has 3 atom stereocenters. The van der Waals surface area contributed by atoms with Crippen molar-refractivity contribution in [3.05, 3.63) is 65.7 Å². The van der Waals surface area contributed by atoms with E-state index in [-0.39, 0.29) is 23.8 Å². The SMILES string of the molecule is O[C@@H]1[C@@H](NCCc2ccc(F)cc2)CCC[C@H]1Oc1ccc(F)cc1. The highest BCUT2D eigenvalue weighted by atomic mass is 19.1. The van der Waals surface area contributed by atoms with Gasteiger partial charge in [0.2, 0.25) is 0 Å². The van der Waals surface area contributed by atoms with Gasteiger partial charge in [0.05, 0.1) is 0 Å². The molecule has 25 heavy (non-hydrogen) atoms. The molecular weight excluding hydrogens is 324 g/mol. The molecule has 0 amide bonds. The second-order valence-corrected chi connectivity index (χ2v) is 6.47. The van der Waals surface area contributed by atoms with Crippen LogP contribution in [-0.2, 0) is 6.42 Å². The summed E-state index contributed by atoms with van der Waals surface area (Å²) in [7, 11) is 0. The summed E-state index contributed by atoms with van der Waals surface area (Å²) in [4.78, 5) is 0. The zero-order valence-corrected chi connectivity index (χ0v) is 14.0. The van der Waals surface area contributed by atoms with Crippen LogP contribution in [0, 0.1) is 11.6 Å². The van der Waals surface area contributed by atoms with Crippen molar-refractivity contribution in [1.82, 2.24) is 5.32 Å². The molecule has 0 heterocycles. The van der Waals surface area contributed by atoms with Gasteiger partial charge >= 0.3 is 0 Å². The summed E-state index contributed by atoms with van der Waals surface area (Å²) >= 11 is 0. The van der Waals surface area contributed by atoms with E-state index in [0.29, 0.717) is 12.3 Å². The predicted octanol–water partition coefficient (Wildman–Crippen LogP) is 3.46. The Morgan fingerprint density at radius 1 is 0.960 bits per heavy atom. The van der Waals surface area contributed by atoms with E-state index in [2.05, 4.69) is 5.32 Å². The van der Waals surface area contributed by atoms with E-state index >= 15 is 0 Å². The van der Waals surface area contributed by atoms with Gasteiger partial charge in [0.1, 0.15) is 29.6 Å². The van der Waals surface area contributed by atoms with Gasteiger partial charge in [0, 0.05) is 6.04 Å². The third kappa shape index (κ3) is 5.00. The van der Waals surface area contributed by atoms with Crippen LogP contribution in [0.4, 0.5) is 8.78 Å². The second-order valence-electron chi connectivity index (χ2n) is 6.47. The molecule has 0 aliphatic heterocycles. The van der Waals surface area contributed by atoms with Crippen molar-refractivity contribution >= 4 is 0 Å². The summed E-state index contributed by atoms with van der Waals surface area (Å²) in [6.07, 6.45) is 2.46. The minimum absolute atomic E-state index is 0.0420. The molecule has 2 aromatic rings. The number of benzene rings is 2. The van der Waals surface area contributed by atoms with Crippen LogP contribution in [0.2, 0.25) is 0 Å². The van der Waals surface area contributed by atoms with E-state index in [4.69, 9.17) is 4.74 Å². The molecule has 2 aromatic carbocycles. The monoisotopic (exact) mass is 347 g/mol. The summed E-state index contributed by atoms with van der Waals surface area (Å²) in [6, 6.07) is 12.3. The molecule has 0 unspecified atom stereocenters. The Balaban J connectivity index is 1.50. The predicted molar refractivity (Wildman–Crippen MR) is 92.6 cm³/mol. The van der Waals surface area contributed by atoms with Crippen molar-refractivity contribution in [3.8, 4) is 5.75 Å². The summed E-state index contributed by atoms with van der Waals surface area (Å²) in [5.41, 5.74) is 1.05. The van der Waals surface area contributed by atoms with Crippen molar-refractivity contribution in [2.75, 3.05) is 6.54 Å². The molecule has 0 bridgehead atoms. The van der Waals surface area contributed by atoms with Crippen LogP contribution in [0.15, 0.2) is 48.5 Å². The van der Waals surface area contributed by atoms with Gasteiger partial charge in [-0.3, -0.25) is 0 Å². The van der Waals surface area contributed by atoms with Gasteiger partial charge in [-0.25, -0.2) is 8.78 Å². The van der Waals surface area contributed by atoms with Crippen LogP contribution in [0.3, 0.4) is 0 Å². The highest BCUT2D eigenvalue weighted by molar-refractivity contribution is 5.22. The molecule has 1 saturated carbocycles. The van der Waals surface area contributed by atoms with Crippen molar-refractivity contribution in [1.29, 1.82) is 0 Å². The normalized spacial score (nSPS) is 23.4. The van der Waals surface area contributed by atoms with Crippen molar-refractivity contribution in [2.45, 2.75) is 43.9 Å². The van der Waals surface area contributed by atoms with E-state index in [1.807, 2.05) is 0 Å². The first-order valence-electron chi connectivity index (χ1n) is 8.70. The minimum atomic E-state index is -0.618. The van der Waals surface area contributed by atoms with Gasteiger partial charge in [-0.1, -0.05) is 12.1 Å². The van der Waals surface area contributed by atoms with E-state index in [1.54, 1.807) is 24.3 Å². The van der Waals surface area contributed by atoms with Crippen LogP contribution in [0.5, 0.6) is 5.75 Å². The zero-order valence-electron chi connectivity index (χ0n) is 14.0. The van der Waals surface area contributed by atoms with E-state index in [9.17, 15) is 13.9 Å². The third-order valence-corrected chi connectivity index (χ3v) is 4.63. The van der Waals surface area contributed by atoms with Gasteiger partial charge < -0.3 is 15.2 Å². The standard InChI is InChI=1S/C20H23F2NO2/c21-15-6-4-14(5-7-15)12-13-23-18-2-1-3-19(20(18)24)25-17-10-8-16(22)9-11-17/h4-11,18-20,23-24H,1-3,12-13H2/t18-,19+,20+/m0/s1. The lowest BCUT2D eigenvalue weighted by molar-refractivity contribution is -0.0151. The molecule has 0 aromatic heterocycles. The zero-order chi connectivity index (χ0) is 17.6. The lowest BCUT2D eigenvalue weighted by atomic mass is 9.89. The van der Waals surface area contributed by atoms with Crippen molar-refractivity contribution in [3.63, 3.8) is 0 Å². The average molecular weight is 347 g/mol. The number of aliphatic hydroxyl groups is 1. The van der Waals surface area contributed by atoms with Crippen LogP contribution < -0.4 is 10.1 Å². The van der Waals surface area contributed by atoms with Gasteiger partial charge in [-0.15, -0.1) is 0 Å². The highest BCUT2D eigenvalue weighted by Gasteiger charge is 2.32. The first-order chi connectivity index (χ1) is 12.1. The third-order valence-electron chi connectivity index (χ3n) is 4.63. The van der Waals surface area contributed by atoms with E-state index in [0.717, 1.165) is 31.2 Å². The molecule has 0 saturated heterocycles. The molecule has 2 N–H and O–H groups in total. The Kier molecular flexibility index (Phi) is 6.00. The topological polar surface area (TPSA) is 41.5 Å². The Labute approximate surface area is 146 Å². The highest BCUT2D eigenvalue weighted by Crippen LogP contribution is 2.24. The number of hydrogen-bond acceptors (Lipinski definition) is 3. The van der Waals surface area contributed by atoms with Crippen molar-refractivity contribution < 1.29 is 18.6 Å². The fourth-order valence-corrected chi connectivity index (χ4v) is 3.23. The van der Waals surface area contributed by atoms with Gasteiger partial charge in [0.15, 0.2) is 0 Å². The number of nitrogens with one attached hydrogen (secondary N) is 1. The van der Waals surface area contributed by atoms with E-state index < -0.39 is 6.10 Å². The van der Waals surface area contributed by atoms with Gasteiger partial charge in [-0.2, -0.15) is 0 Å². The van der Waals surface area contributed by atoms with E-state index in [1.165, 1.54) is 24.3 Å². The maximum absolute atomic E-state index is 13.0. The smallest absolute Gasteiger partial charge is 0.126 e. The molecule has 1 fully saturated rings. The maximum atomic E-state index is 13.0. The lowest BCUT2D eigenvalue weighted by Gasteiger charge is -2.35. The fraction of sp³-hybridized carbons (Fsp3) is 0.400. The second kappa shape index (κ2) is 8.41. The number of ether oxygens (including phenoxy) is 1. The first-order valence-corrected chi connectivity index (χ1v) is 8.70. The average Bonchev–Trinajstić information content (AvgIpc) is 2.62. The van der Waals surface area contributed by atoms with Gasteiger partial charge in [0.25, 0.3) is 0 Å². The largest absolute Gasteiger partial charge is 0.488 e. The Bertz CT molecular complexity index is 660. The number of rotatable bonds is 6. The molecule has 134 valence electrons. The fourth-order valence-electron chi connectivity index (χ4n) is 3.23. The maximum Gasteiger partial charge on any atom is 0.126 e. The molecule has 0 radical (unpaired) electrons. The number of halogens is 2. The quantitative estimate of drug-likeness (QED) is 0.841. The molecule has 1 aliphatic rings. The summed E-state index contributed by atoms with van der Waals surface area (Å²) < 4.78 is 31.7. The summed E-state index contributed by atoms with van der Waals surface area (Å²) in [6.45, 7) is 0.705. The Morgan fingerprint density at radius 3 is 2.28 bits per heavy atom. The summed E-state index contributed by atoms with van der Waals surface area (Å²) in [5.74, 6) is 0.0227. The van der Waals surface area contributed by atoms with Crippen molar-refractivity contribution in [2.24, 2.45) is 0 Å².